The quantitative estimate of drug-likeness (QED) is 0.588. The van der Waals surface area contributed by atoms with Crippen molar-refractivity contribution >= 4 is 29.7 Å². The third-order valence-electron chi connectivity index (χ3n) is 4.28. The molecule has 1 fully saturated rings. The lowest BCUT2D eigenvalue weighted by molar-refractivity contribution is -0.677. The van der Waals surface area contributed by atoms with Crippen molar-refractivity contribution in [2.75, 3.05) is 20.7 Å². The van der Waals surface area contributed by atoms with Crippen LogP contribution in [0.15, 0.2) is 11.2 Å². The van der Waals surface area contributed by atoms with E-state index in [1.807, 2.05) is 31.5 Å². The Hall–Kier alpha value is -2.71. The zero-order valence-electron chi connectivity index (χ0n) is 14.3. The van der Waals surface area contributed by atoms with Gasteiger partial charge in [-0.1, -0.05) is 4.99 Å². The number of amidine groups is 1. The summed E-state index contributed by atoms with van der Waals surface area (Å²) in [6, 6.07) is -1.17. The topological polar surface area (TPSA) is 88.1 Å². The Kier molecular flexibility index (Phi) is 3.66. The molecule has 0 spiro atoms. The van der Waals surface area contributed by atoms with E-state index in [0.717, 1.165) is 10.6 Å². The molecule has 0 aliphatic carbocycles. The van der Waals surface area contributed by atoms with Gasteiger partial charge in [-0.25, -0.2) is 18.8 Å². The van der Waals surface area contributed by atoms with Crippen molar-refractivity contribution in [2.24, 2.45) is 4.99 Å². The van der Waals surface area contributed by atoms with Gasteiger partial charge in [-0.3, -0.25) is 14.5 Å². The molecule has 0 bridgehead atoms. The zero-order valence-corrected chi connectivity index (χ0v) is 14.3. The summed E-state index contributed by atoms with van der Waals surface area (Å²) >= 11 is 0. The molecular formula is C15H20N5O4+. The first-order valence-electron chi connectivity index (χ1n) is 7.65. The minimum atomic E-state index is -0.744. The van der Waals surface area contributed by atoms with E-state index >= 15 is 0 Å². The van der Waals surface area contributed by atoms with Gasteiger partial charge in [0.2, 0.25) is 11.9 Å². The molecule has 1 aromatic rings. The molecule has 9 nitrogen and oxygen atoms in total. The number of aromatic nitrogens is 2. The van der Waals surface area contributed by atoms with Crippen LogP contribution in [0.4, 0.5) is 10.7 Å². The highest BCUT2D eigenvalue weighted by Gasteiger charge is 2.53. The normalized spacial score (nSPS) is 19.6. The summed E-state index contributed by atoms with van der Waals surface area (Å²) in [5.41, 5.74) is 0.967. The summed E-state index contributed by atoms with van der Waals surface area (Å²) in [4.78, 5) is 43.5. The highest BCUT2D eigenvalue weighted by molar-refractivity contribution is 6.19. The number of hydrogen-bond acceptors (Lipinski definition) is 5. The molecule has 2 aliphatic heterocycles. The first-order valence-corrected chi connectivity index (χ1v) is 7.65. The molecule has 128 valence electrons. The van der Waals surface area contributed by atoms with E-state index in [9.17, 15) is 14.4 Å². The summed E-state index contributed by atoms with van der Waals surface area (Å²) in [5, 5.41) is 0. The molecule has 3 rings (SSSR count). The van der Waals surface area contributed by atoms with Crippen LogP contribution >= 0.6 is 0 Å². The predicted molar refractivity (Wildman–Crippen MR) is 82.8 cm³/mol. The fraction of sp³-hybridized carbons (Fsp3) is 0.533. The number of carbonyl (C=O) groups excluding carboxylic acids is 3. The number of aryl methyl sites for hydroxylation is 1. The SMILES string of the molecule is COC(=O)CN1C(=O)C2C(=Nc3n(C(C)C)c(C)c[n+]32)N(C)C1=O. The number of imide groups is 1. The number of imidazole rings is 1. The lowest BCUT2D eigenvalue weighted by Crippen LogP contribution is -2.63. The number of urea groups is 1. The molecule has 24 heavy (non-hydrogen) atoms. The molecule has 3 amide bonds. The van der Waals surface area contributed by atoms with E-state index in [2.05, 4.69) is 9.73 Å². The van der Waals surface area contributed by atoms with Crippen LogP contribution in [0, 0.1) is 6.92 Å². The van der Waals surface area contributed by atoms with Crippen molar-refractivity contribution in [3.05, 3.63) is 11.9 Å². The summed E-state index contributed by atoms with van der Waals surface area (Å²) in [6.45, 7) is 5.57. The molecule has 3 heterocycles. The van der Waals surface area contributed by atoms with Crippen LogP contribution in [0.3, 0.4) is 0 Å². The van der Waals surface area contributed by atoms with Crippen molar-refractivity contribution in [1.29, 1.82) is 0 Å². The Morgan fingerprint density at radius 3 is 2.67 bits per heavy atom. The number of esters is 1. The van der Waals surface area contributed by atoms with Gasteiger partial charge in [0.25, 0.3) is 5.91 Å². The highest BCUT2D eigenvalue weighted by Crippen LogP contribution is 2.30. The van der Waals surface area contributed by atoms with E-state index in [1.165, 1.54) is 12.0 Å². The number of ether oxygens (including phenoxy) is 1. The maximum Gasteiger partial charge on any atom is 0.402 e. The van der Waals surface area contributed by atoms with Crippen LogP contribution in [-0.4, -0.2) is 58.8 Å². The Bertz CT molecular complexity index is 779. The fourth-order valence-corrected chi connectivity index (χ4v) is 3.18. The van der Waals surface area contributed by atoms with Crippen molar-refractivity contribution in [3.8, 4) is 0 Å². The van der Waals surface area contributed by atoms with E-state index in [4.69, 9.17) is 0 Å². The molecule has 0 radical (unpaired) electrons. The van der Waals surface area contributed by atoms with E-state index < -0.39 is 30.5 Å². The molecule has 2 aliphatic rings. The van der Waals surface area contributed by atoms with Crippen LogP contribution in [0.2, 0.25) is 0 Å². The summed E-state index contributed by atoms with van der Waals surface area (Å²) in [7, 11) is 2.76. The van der Waals surface area contributed by atoms with E-state index in [1.54, 1.807) is 11.6 Å². The maximum absolute atomic E-state index is 12.8. The number of fused-ring (bicyclic) bond motifs is 3. The summed E-state index contributed by atoms with van der Waals surface area (Å²) in [5.74, 6) is -0.137. The second-order valence-corrected chi connectivity index (χ2v) is 6.16. The number of carbonyl (C=O) groups is 3. The molecule has 1 unspecified atom stereocenters. The Labute approximate surface area is 139 Å². The van der Waals surface area contributed by atoms with Gasteiger partial charge in [-0.2, -0.15) is 0 Å². The second kappa shape index (κ2) is 5.43. The van der Waals surface area contributed by atoms with Crippen LogP contribution in [0.25, 0.3) is 0 Å². The summed E-state index contributed by atoms with van der Waals surface area (Å²) in [6.07, 6.45) is 1.84. The van der Waals surface area contributed by atoms with E-state index in [0.29, 0.717) is 11.8 Å². The largest absolute Gasteiger partial charge is 0.468 e. The molecule has 0 aromatic carbocycles. The lowest BCUT2D eigenvalue weighted by atomic mass is 10.1. The number of hydrogen-bond donors (Lipinski definition) is 0. The molecular weight excluding hydrogens is 314 g/mol. The number of nitrogens with zero attached hydrogens (tertiary/aromatic N) is 5. The summed E-state index contributed by atoms with van der Waals surface area (Å²) < 4.78 is 8.33. The van der Waals surface area contributed by atoms with Crippen LogP contribution in [0.5, 0.6) is 0 Å². The van der Waals surface area contributed by atoms with E-state index in [-0.39, 0.29) is 6.04 Å². The molecule has 1 aromatic heterocycles. The van der Waals surface area contributed by atoms with Gasteiger partial charge in [0, 0.05) is 7.05 Å². The average molecular weight is 334 g/mol. The van der Waals surface area contributed by atoms with Gasteiger partial charge < -0.3 is 4.74 Å². The zero-order chi connectivity index (χ0) is 17.8. The number of rotatable bonds is 3. The maximum atomic E-state index is 12.8. The highest BCUT2D eigenvalue weighted by atomic mass is 16.5. The van der Waals surface area contributed by atoms with Crippen LogP contribution < -0.4 is 4.57 Å². The fourth-order valence-electron chi connectivity index (χ4n) is 3.18. The number of methoxy groups -OCH3 is 1. The Morgan fingerprint density at radius 2 is 2.08 bits per heavy atom. The Balaban J connectivity index is 2.07. The first-order chi connectivity index (χ1) is 11.3. The van der Waals surface area contributed by atoms with Crippen LogP contribution in [0.1, 0.15) is 31.6 Å². The van der Waals surface area contributed by atoms with Crippen molar-refractivity contribution in [2.45, 2.75) is 32.9 Å². The van der Waals surface area contributed by atoms with Crippen molar-refractivity contribution in [1.82, 2.24) is 14.4 Å². The standard InChI is InChI=1S/C15H20N5O4/c1-8(2)20-9(3)6-18-11-12(16-14(18)20)17(4)15(23)19(13(11)22)7-10(21)24-5/h6,8,11H,7H2,1-5H3/q+1. The number of amides is 3. The van der Waals surface area contributed by atoms with Gasteiger partial charge >= 0.3 is 17.9 Å². The third-order valence-corrected chi connectivity index (χ3v) is 4.28. The van der Waals surface area contributed by atoms with Gasteiger partial charge in [0.1, 0.15) is 18.4 Å². The molecule has 9 heteroatoms. The third kappa shape index (κ3) is 2.11. The average Bonchev–Trinajstić information content (AvgIpc) is 3.03. The van der Waals surface area contributed by atoms with Crippen LogP contribution in [-0.2, 0) is 14.3 Å². The van der Waals surface area contributed by atoms with Gasteiger partial charge in [-0.05, 0) is 20.8 Å². The molecule has 0 N–H and O–H groups in total. The van der Waals surface area contributed by atoms with Gasteiger partial charge in [0.15, 0.2) is 0 Å². The minimum Gasteiger partial charge on any atom is -0.468 e. The Morgan fingerprint density at radius 1 is 1.42 bits per heavy atom. The van der Waals surface area contributed by atoms with Gasteiger partial charge in [-0.15, -0.1) is 0 Å². The number of likely N-dealkylation sites (N-methyl/N-ethyl adjacent to an activating group) is 1. The molecule has 1 atom stereocenters. The minimum absolute atomic E-state index is 0.160. The molecule has 0 saturated carbocycles. The van der Waals surface area contributed by atoms with Gasteiger partial charge in [0.05, 0.1) is 13.2 Å². The molecule has 1 saturated heterocycles. The smallest absolute Gasteiger partial charge is 0.402 e. The second-order valence-electron chi connectivity index (χ2n) is 6.16. The number of aliphatic imine (C=N–C) groups is 1. The first kappa shape index (κ1) is 16.2. The predicted octanol–water partition coefficient (Wildman–Crippen LogP) is 0.317. The monoisotopic (exact) mass is 334 g/mol. The lowest BCUT2D eigenvalue weighted by Gasteiger charge is -2.32. The van der Waals surface area contributed by atoms with Crippen molar-refractivity contribution in [3.63, 3.8) is 0 Å². The van der Waals surface area contributed by atoms with Crippen molar-refractivity contribution < 1.29 is 23.7 Å².